The third-order valence-electron chi connectivity index (χ3n) is 9.94. The second-order valence-corrected chi connectivity index (χ2v) is 13.7. The summed E-state index contributed by atoms with van der Waals surface area (Å²) >= 11 is 0. The summed E-state index contributed by atoms with van der Waals surface area (Å²) in [5.41, 5.74) is 6.53. The van der Waals surface area contributed by atoms with Gasteiger partial charge in [-0.25, -0.2) is 18.7 Å². The molecule has 2 fully saturated rings. The van der Waals surface area contributed by atoms with E-state index in [1.165, 1.54) is 6.07 Å². The lowest BCUT2D eigenvalue weighted by molar-refractivity contribution is -0.139. The van der Waals surface area contributed by atoms with Crippen molar-refractivity contribution in [3.63, 3.8) is 0 Å². The molecule has 0 bridgehead atoms. The van der Waals surface area contributed by atoms with E-state index in [4.69, 9.17) is 13.9 Å². The highest BCUT2D eigenvalue weighted by Gasteiger charge is 2.36. The number of alkyl halides is 5. The molecular weight excluding hydrogens is 723 g/mol. The number of rotatable bonds is 6. The van der Waals surface area contributed by atoms with Crippen LogP contribution in [0.3, 0.4) is 0 Å². The Kier molecular flexibility index (Phi) is 11.9. The number of carboxylic acids is 1. The molecule has 1 atom stereocenters. The predicted octanol–water partition coefficient (Wildman–Crippen LogP) is 9.92. The van der Waals surface area contributed by atoms with E-state index in [0.29, 0.717) is 40.2 Å². The van der Waals surface area contributed by atoms with Gasteiger partial charge in [0.05, 0.1) is 0 Å². The number of benzene rings is 4. The SMILES string of the molecule is Cc1cc2nc(-c3cccc(-c4cccc(-c5nc6cc(CN7CCCC7)cc(C(F)(F)F)c6o5)c4C)c3C)oc2cc1O.FCF.O=C(O)[C@@H]1CCCN1. The summed E-state index contributed by atoms with van der Waals surface area (Å²) in [6, 6.07) is 17.5. The van der Waals surface area contributed by atoms with Crippen LogP contribution in [0.15, 0.2) is 69.5 Å². The van der Waals surface area contributed by atoms with E-state index in [2.05, 4.69) is 20.2 Å². The number of nitrogens with zero attached hydrogens (tertiary/aromatic N) is 3. The minimum atomic E-state index is -4.58. The Morgan fingerprint density at radius 3 is 1.98 bits per heavy atom. The number of hydrogen-bond donors (Lipinski definition) is 3. The van der Waals surface area contributed by atoms with Crippen molar-refractivity contribution < 1.29 is 45.8 Å². The zero-order valence-electron chi connectivity index (χ0n) is 30.6. The maximum atomic E-state index is 14.2. The van der Waals surface area contributed by atoms with Crippen LogP contribution in [-0.2, 0) is 17.5 Å². The van der Waals surface area contributed by atoms with Crippen LogP contribution in [0, 0.1) is 20.8 Å². The van der Waals surface area contributed by atoms with Gasteiger partial charge in [0.15, 0.2) is 11.2 Å². The summed E-state index contributed by atoms with van der Waals surface area (Å²) in [4.78, 5) is 21.5. The smallest absolute Gasteiger partial charge is 0.420 e. The highest BCUT2D eigenvalue weighted by molar-refractivity contribution is 5.86. The molecule has 0 spiro atoms. The molecule has 2 saturated heterocycles. The number of carbonyl (C=O) groups is 1. The molecule has 6 aromatic rings. The average Bonchev–Trinajstić information content (AvgIpc) is 3.97. The van der Waals surface area contributed by atoms with E-state index < -0.39 is 24.6 Å². The summed E-state index contributed by atoms with van der Waals surface area (Å²) < 4.78 is 73.7. The molecule has 0 unspecified atom stereocenters. The van der Waals surface area contributed by atoms with Gasteiger partial charge in [0.25, 0.3) is 0 Å². The van der Waals surface area contributed by atoms with Crippen LogP contribution in [0.25, 0.3) is 56.2 Å². The second kappa shape index (κ2) is 16.6. The fourth-order valence-electron chi connectivity index (χ4n) is 7.10. The van der Waals surface area contributed by atoms with Gasteiger partial charge in [0.1, 0.15) is 28.4 Å². The largest absolute Gasteiger partial charge is 0.508 e. The van der Waals surface area contributed by atoms with Crippen LogP contribution in [0.1, 0.15) is 53.5 Å². The Balaban J connectivity index is 0.000000407. The molecule has 0 amide bonds. The number of aromatic hydroxyl groups is 1. The van der Waals surface area contributed by atoms with Crippen molar-refractivity contribution >= 4 is 28.2 Å². The first-order valence-corrected chi connectivity index (χ1v) is 17.9. The maximum Gasteiger partial charge on any atom is 0.420 e. The number of halogens is 5. The number of nitrogens with one attached hydrogen (secondary N) is 1. The predicted molar refractivity (Wildman–Crippen MR) is 199 cm³/mol. The quantitative estimate of drug-likeness (QED) is 0.142. The molecule has 0 saturated carbocycles. The van der Waals surface area contributed by atoms with E-state index in [0.717, 1.165) is 73.1 Å². The fraction of sp³-hybridized carbons (Fsp3) is 0.341. The third kappa shape index (κ3) is 8.65. The van der Waals surface area contributed by atoms with Crippen molar-refractivity contribution in [1.82, 2.24) is 20.2 Å². The monoisotopic (exact) mass is 764 g/mol. The van der Waals surface area contributed by atoms with Crippen molar-refractivity contribution in [2.24, 2.45) is 0 Å². The molecule has 14 heteroatoms. The number of carboxylic acid groups (broad SMARTS) is 1. The Labute approximate surface area is 313 Å². The van der Waals surface area contributed by atoms with E-state index in [-0.39, 0.29) is 28.8 Å². The number of aryl methyl sites for hydroxylation is 1. The Morgan fingerprint density at radius 2 is 1.44 bits per heavy atom. The first-order valence-electron chi connectivity index (χ1n) is 17.9. The van der Waals surface area contributed by atoms with Crippen molar-refractivity contribution in [3.05, 3.63) is 88.5 Å². The van der Waals surface area contributed by atoms with Gasteiger partial charge in [-0.15, -0.1) is 0 Å². The lowest BCUT2D eigenvalue weighted by atomic mass is 9.91. The molecule has 2 aliphatic heterocycles. The summed E-state index contributed by atoms with van der Waals surface area (Å²) in [6.45, 7) is 7.02. The number of phenolic OH excluding ortho intramolecular Hbond substituents is 1. The van der Waals surface area contributed by atoms with Crippen LogP contribution in [0.5, 0.6) is 5.75 Å². The number of phenols is 1. The highest BCUT2D eigenvalue weighted by atomic mass is 19.4. The zero-order chi connectivity index (χ0) is 39.4. The van der Waals surface area contributed by atoms with Gasteiger partial charge >= 0.3 is 12.1 Å². The number of oxazole rings is 2. The van der Waals surface area contributed by atoms with Crippen LogP contribution >= 0.6 is 0 Å². The van der Waals surface area contributed by atoms with Gasteiger partial charge in [-0.1, -0.05) is 24.3 Å². The summed E-state index contributed by atoms with van der Waals surface area (Å²) in [5, 5.41) is 21.3. The van der Waals surface area contributed by atoms with Gasteiger partial charge in [-0.2, -0.15) is 13.2 Å². The van der Waals surface area contributed by atoms with Crippen LogP contribution < -0.4 is 5.32 Å². The molecule has 3 N–H and O–H groups in total. The summed E-state index contributed by atoms with van der Waals surface area (Å²) in [7, 11) is 0. The van der Waals surface area contributed by atoms with Crippen LogP contribution in [0.4, 0.5) is 22.0 Å². The number of hydrogen-bond acceptors (Lipinski definition) is 8. The zero-order valence-corrected chi connectivity index (χ0v) is 30.6. The lowest BCUT2D eigenvalue weighted by Gasteiger charge is -2.16. The van der Waals surface area contributed by atoms with Gasteiger partial charge < -0.3 is 24.4 Å². The van der Waals surface area contributed by atoms with Crippen molar-refractivity contribution in [2.45, 2.75) is 65.2 Å². The van der Waals surface area contributed by atoms with Gasteiger partial charge in [-0.05, 0) is 130 Å². The number of likely N-dealkylation sites (tertiary alicyclic amines) is 1. The molecular formula is C41H41F5N4O5. The van der Waals surface area contributed by atoms with Crippen molar-refractivity contribution in [1.29, 1.82) is 0 Å². The summed E-state index contributed by atoms with van der Waals surface area (Å²) in [5.74, 6) is -0.00221. The number of aliphatic carboxylic acids is 1. The van der Waals surface area contributed by atoms with Gasteiger partial charge in [-0.3, -0.25) is 9.69 Å². The molecule has 9 nitrogen and oxygen atoms in total. The van der Waals surface area contributed by atoms with E-state index in [1.807, 2.05) is 50.2 Å². The minimum Gasteiger partial charge on any atom is -0.508 e. The Morgan fingerprint density at radius 1 is 0.855 bits per heavy atom. The maximum absolute atomic E-state index is 14.2. The van der Waals surface area contributed by atoms with E-state index in [1.54, 1.807) is 25.1 Å². The molecule has 4 aromatic carbocycles. The van der Waals surface area contributed by atoms with Crippen LogP contribution in [0.2, 0.25) is 0 Å². The molecule has 0 aliphatic carbocycles. The van der Waals surface area contributed by atoms with Crippen LogP contribution in [-0.4, -0.2) is 63.7 Å². The highest BCUT2D eigenvalue weighted by Crippen LogP contribution is 2.41. The summed E-state index contributed by atoms with van der Waals surface area (Å²) in [6.07, 6.45) is -0.683. The number of fused-ring (bicyclic) bond motifs is 2. The third-order valence-corrected chi connectivity index (χ3v) is 9.94. The molecule has 8 rings (SSSR count). The molecule has 2 aromatic heterocycles. The topological polar surface area (TPSA) is 125 Å². The average molecular weight is 765 g/mol. The van der Waals surface area contributed by atoms with Gasteiger partial charge in [0.2, 0.25) is 18.7 Å². The molecule has 55 heavy (non-hydrogen) atoms. The molecule has 2 aliphatic rings. The fourth-order valence-corrected chi connectivity index (χ4v) is 7.10. The Hall–Kier alpha value is -5.34. The first kappa shape index (κ1) is 39.4. The van der Waals surface area contributed by atoms with Gasteiger partial charge in [0, 0.05) is 23.7 Å². The molecule has 0 radical (unpaired) electrons. The molecule has 4 heterocycles. The standard InChI is InChI=1S/C35H30F3N3O3.C5H9NO2.CH2F2/c1-19-14-28-31(17-30(19)42)43-33(39-28)25-10-6-8-23(20(25)2)24-9-7-11-26(21(24)3)34-40-29-16-22(18-41-12-4-5-13-41)15-27(32(29)44-34)35(36,37)38;7-5(8)4-2-1-3-6-4;2-1-3/h6-11,14-17,42H,4-5,12-13,18H2,1-3H3;4,6H,1-3H2,(H,7,8);1H2/t;4-;/m.0./s1. The van der Waals surface area contributed by atoms with Crippen molar-refractivity contribution in [3.8, 4) is 39.8 Å². The normalized spacial score (nSPS) is 15.9. The number of aromatic nitrogens is 2. The first-order chi connectivity index (χ1) is 26.3. The molecule has 290 valence electrons. The van der Waals surface area contributed by atoms with E-state index in [9.17, 15) is 31.9 Å². The van der Waals surface area contributed by atoms with E-state index >= 15 is 0 Å². The lowest BCUT2D eigenvalue weighted by Crippen LogP contribution is -2.29. The second-order valence-electron chi connectivity index (χ2n) is 13.7. The minimum absolute atomic E-state index is 0.141. The van der Waals surface area contributed by atoms with Crippen molar-refractivity contribution in [2.75, 3.05) is 26.6 Å². The Bertz CT molecular complexity index is 2270.